The van der Waals surface area contributed by atoms with Gasteiger partial charge in [-0.25, -0.2) is 0 Å². The van der Waals surface area contributed by atoms with Crippen LogP contribution in [-0.4, -0.2) is 61.7 Å². The summed E-state index contributed by atoms with van der Waals surface area (Å²) in [4.78, 5) is 1.10. The van der Waals surface area contributed by atoms with Crippen LogP contribution in [0.1, 0.15) is 6.92 Å². The molecule has 0 spiro atoms. The van der Waals surface area contributed by atoms with Crippen molar-refractivity contribution >= 4 is 0 Å². The number of ether oxygens (including phenoxy) is 1. The van der Waals surface area contributed by atoms with Crippen molar-refractivity contribution in [1.29, 1.82) is 0 Å². The highest BCUT2D eigenvalue weighted by atomic mass is 19.4. The summed E-state index contributed by atoms with van der Waals surface area (Å²) < 4.78 is 41.5. The van der Waals surface area contributed by atoms with E-state index in [2.05, 4.69) is 0 Å². The van der Waals surface area contributed by atoms with Crippen molar-refractivity contribution < 1.29 is 23.0 Å². The summed E-state index contributed by atoms with van der Waals surface area (Å²) in [6.07, 6.45) is -4.30. The minimum absolute atomic E-state index is 0.111. The highest BCUT2D eigenvalue weighted by molar-refractivity contribution is 4.82. The van der Waals surface area contributed by atoms with Crippen LogP contribution in [-0.2, 0) is 4.74 Å². The van der Waals surface area contributed by atoms with E-state index in [0.29, 0.717) is 0 Å². The maximum absolute atomic E-state index is 12.2. The lowest BCUT2D eigenvalue weighted by Gasteiger charge is -2.33. The fourth-order valence-corrected chi connectivity index (χ4v) is 1.52. The van der Waals surface area contributed by atoms with E-state index in [1.165, 1.54) is 7.11 Å². The van der Waals surface area contributed by atoms with Crippen LogP contribution in [0, 0.1) is 0 Å². The predicted octanol–water partition coefficient (Wildman–Crippen LogP) is 0.205. The van der Waals surface area contributed by atoms with E-state index in [9.17, 15) is 13.2 Å². The molecule has 0 aromatic heterocycles. The van der Waals surface area contributed by atoms with Crippen molar-refractivity contribution in [3.63, 3.8) is 0 Å². The van der Waals surface area contributed by atoms with Gasteiger partial charge >= 0.3 is 6.18 Å². The summed E-state index contributed by atoms with van der Waals surface area (Å²) in [6, 6.07) is -1.39. The number of hydrogen-bond acceptors (Lipinski definition) is 4. The molecular formula is C9H19F3N2O2. The number of alkyl halides is 3. The van der Waals surface area contributed by atoms with Gasteiger partial charge in [-0.15, -0.1) is 0 Å². The Morgan fingerprint density at radius 1 is 1.44 bits per heavy atom. The lowest BCUT2D eigenvalue weighted by atomic mass is 10.1. The fraction of sp³-hybridized carbons (Fsp3) is 1.00. The monoisotopic (exact) mass is 244 g/mol. The summed E-state index contributed by atoms with van der Waals surface area (Å²) in [5, 5.41) is 9.08. The molecule has 0 saturated carbocycles. The smallest absolute Gasteiger partial charge is 0.395 e. The minimum atomic E-state index is -4.30. The average Bonchev–Trinajstić information content (AvgIpc) is 2.16. The molecule has 0 aromatic carbocycles. The van der Waals surface area contributed by atoms with Crippen molar-refractivity contribution in [3.05, 3.63) is 0 Å². The average molecular weight is 244 g/mol. The summed E-state index contributed by atoms with van der Waals surface area (Å²) in [7, 11) is 1.41. The van der Waals surface area contributed by atoms with Crippen LogP contribution < -0.4 is 5.73 Å². The standard InChI is InChI=1S/C9H19F3N2O2/c1-3-14(6-9(10,11)12)8(4-15)7(13)5-16-2/h7-8,15H,3-6,13H2,1-2H3. The van der Waals surface area contributed by atoms with Crippen molar-refractivity contribution in [2.75, 3.05) is 33.4 Å². The number of hydrogen-bond donors (Lipinski definition) is 2. The zero-order chi connectivity index (χ0) is 12.8. The number of nitrogens with two attached hydrogens (primary N) is 1. The first-order valence-corrected chi connectivity index (χ1v) is 5.01. The van der Waals surface area contributed by atoms with Gasteiger partial charge in [0.15, 0.2) is 0 Å². The number of aliphatic hydroxyl groups excluding tert-OH is 1. The zero-order valence-electron chi connectivity index (χ0n) is 9.50. The van der Waals surface area contributed by atoms with Gasteiger partial charge in [0.1, 0.15) is 0 Å². The van der Waals surface area contributed by atoms with Gasteiger partial charge in [-0.05, 0) is 6.54 Å². The van der Waals surface area contributed by atoms with E-state index in [0.717, 1.165) is 4.90 Å². The molecule has 3 N–H and O–H groups in total. The van der Waals surface area contributed by atoms with Gasteiger partial charge < -0.3 is 15.6 Å². The number of aliphatic hydroxyl groups is 1. The highest BCUT2D eigenvalue weighted by Gasteiger charge is 2.34. The van der Waals surface area contributed by atoms with E-state index in [1.807, 2.05) is 0 Å². The number of nitrogens with zero attached hydrogens (tertiary/aromatic N) is 1. The number of halogens is 3. The molecule has 0 amide bonds. The number of likely N-dealkylation sites (N-methyl/N-ethyl adjacent to an activating group) is 1. The molecule has 2 unspecified atom stereocenters. The van der Waals surface area contributed by atoms with E-state index in [-0.39, 0.29) is 13.2 Å². The van der Waals surface area contributed by atoms with Crippen LogP contribution in [0.2, 0.25) is 0 Å². The van der Waals surface area contributed by atoms with E-state index >= 15 is 0 Å². The first-order valence-electron chi connectivity index (χ1n) is 5.01. The Kier molecular flexibility index (Phi) is 6.89. The van der Waals surface area contributed by atoms with Crippen LogP contribution in [0.15, 0.2) is 0 Å². The van der Waals surface area contributed by atoms with Gasteiger partial charge in [0.2, 0.25) is 0 Å². The molecule has 0 fully saturated rings. The number of methoxy groups -OCH3 is 1. The summed E-state index contributed by atoms with van der Waals surface area (Å²) in [5.74, 6) is 0. The lowest BCUT2D eigenvalue weighted by molar-refractivity contribution is -0.153. The van der Waals surface area contributed by atoms with Gasteiger partial charge in [-0.2, -0.15) is 13.2 Å². The van der Waals surface area contributed by atoms with E-state index in [4.69, 9.17) is 15.6 Å². The normalized spacial score (nSPS) is 16.5. The van der Waals surface area contributed by atoms with Gasteiger partial charge in [-0.1, -0.05) is 6.92 Å². The van der Waals surface area contributed by atoms with Crippen molar-refractivity contribution in [2.45, 2.75) is 25.2 Å². The first-order chi connectivity index (χ1) is 7.35. The maximum Gasteiger partial charge on any atom is 0.401 e. The van der Waals surface area contributed by atoms with Crippen molar-refractivity contribution in [1.82, 2.24) is 4.90 Å². The van der Waals surface area contributed by atoms with Crippen molar-refractivity contribution in [3.8, 4) is 0 Å². The summed E-state index contributed by atoms with van der Waals surface area (Å²) >= 11 is 0. The highest BCUT2D eigenvalue weighted by Crippen LogP contribution is 2.18. The second-order valence-electron chi connectivity index (χ2n) is 3.55. The molecular weight excluding hydrogens is 225 g/mol. The van der Waals surface area contributed by atoms with Crippen LogP contribution in [0.5, 0.6) is 0 Å². The molecule has 4 nitrogen and oxygen atoms in total. The molecule has 0 aliphatic rings. The lowest BCUT2D eigenvalue weighted by Crippen LogP contribution is -2.54. The molecule has 0 bridgehead atoms. The fourth-order valence-electron chi connectivity index (χ4n) is 1.52. The third kappa shape index (κ3) is 5.64. The summed E-state index contributed by atoms with van der Waals surface area (Å²) in [6.45, 7) is 0.371. The third-order valence-corrected chi connectivity index (χ3v) is 2.30. The molecule has 0 rings (SSSR count). The SMILES string of the molecule is CCN(CC(F)(F)F)C(CO)C(N)COC. The Morgan fingerprint density at radius 2 is 2.00 bits per heavy atom. The van der Waals surface area contributed by atoms with Crippen LogP contribution >= 0.6 is 0 Å². The van der Waals surface area contributed by atoms with Gasteiger partial charge in [-0.3, -0.25) is 4.90 Å². The minimum Gasteiger partial charge on any atom is -0.395 e. The quantitative estimate of drug-likeness (QED) is 0.672. The Morgan fingerprint density at radius 3 is 2.31 bits per heavy atom. The molecule has 0 aliphatic heterocycles. The largest absolute Gasteiger partial charge is 0.401 e. The molecule has 16 heavy (non-hydrogen) atoms. The molecule has 0 saturated heterocycles. The molecule has 98 valence electrons. The Hall–Kier alpha value is -0.370. The first kappa shape index (κ1) is 15.6. The van der Waals surface area contributed by atoms with Gasteiger partial charge in [0, 0.05) is 13.2 Å². The summed E-state index contributed by atoms with van der Waals surface area (Å²) in [5.41, 5.74) is 5.64. The molecule has 2 atom stereocenters. The predicted molar refractivity (Wildman–Crippen MR) is 54.0 cm³/mol. The Bertz CT molecular complexity index is 190. The van der Waals surface area contributed by atoms with E-state index in [1.54, 1.807) is 6.92 Å². The second-order valence-corrected chi connectivity index (χ2v) is 3.55. The second kappa shape index (κ2) is 7.05. The molecule has 0 aromatic rings. The van der Waals surface area contributed by atoms with E-state index < -0.39 is 31.4 Å². The van der Waals surface area contributed by atoms with Gasteiger partial charge in [0.05, 0.1) is 25.8 Å². The Labute approximate surface area is 93.2 Å². The topological polar surface area (TPSA) is 58.7 Å². The molecule has 0 radical (unpaired) electrons. The maximum atomic E-state index is 12.2. The van der Waals surface area contributed by atoms with Crippen LogP contribution in [0.3, 0.4) is 0 Å². The third-order valence-electron chi connectivity index (χ3n) is 2.30. The van der Waals surface area contributed by atoms with Crippen LogP contribution in [0.4, 0.5) is 13.2 Å². The van der Waals surface area contributed by atoms with Crippen LogP contribution in [0.25, 0.3) is 0 Å². The molecule has 0 aliphatic carbocycles. The molecule has 0 heterocycles. The zero-order valence-corrected chi connectivity index (χ0v) is 9.50. The molecule has 7 heteroatoms. The number of rotatable bonds is 7. The van der Waals surface area contributed by atoms with Gasteiger partial charge in [0.25, 0.3) is 0 Å². The van der Waals surface area contributed by atoms with Crippen molar-refractivity contribution in [2.24, 2.45) is 5.73 Å². The Balaban J connectivity index is 4.49.